The molecule has 1 aliphatic heterocycles. The summed E-state index contributed by atoms with van der Waals surface area (Å²) in [6.45, 7) is 5.69. The number of rotatable bonds is 3. The van der Waals surface area contributed by atoms with Gasteiger partial charge in [0.25, 0.3) is 0 Å². The Morgan fingerprint density at radius 2 is 1.71 bits per heavy atom. The van der Waals surface area contributed by atoms with Crippen molar-refractivity contribution in [1.29, 1.82) is 0 Å². The number of para-hydroxylation sites is 1. The van der Waals surface area contributed by atoms with Gasteiger partial charge >= 0.3 is 6.18 Å². The molecule has 1 aromatic heterocycles. The molecule has 0 saturated carbocycles. The molecule has 148 valence electrons. The fourth-order valence-electron chi connectivity index (χ4n) is 2.38. The molecule has 1 aromatic carbocycles. The molecule has 0 saturated heterocycles. The maximum absolute atomic E-state index is 13.1. The van der Waals surface area contributed by atoms with Crippen LogP contribution < -0.4 is 10.4 Å². The number of guanidine groups is 1. The van der Waals surface area contributed by atoms with Gasteiger partial charge in [0, 0.05) is 5.69 Å². The first-order valence-electron chi connectivity index (χ1n) is 8.58. The van der Waals surface area contributed by atoms with Crippen LogP contribution in [-0.2, 0) is 11.0 Å². The first kappa shape index (κ1) is 19.8. The van der Waals surface area contributed by atoms with E-state index in [0.29, 0.717) is 0 Å². The van der Waals surface area contributed by atoms with Crippen LogP contribution >= 0.6 is 0 Å². The Morgan fingerprint density at radius 3 is 2.36 bits per heavy atom. The lowest BCUT2D eigenvalue weighted by Crippen LogP contribution is -2.41. The van der Waals surface area contributed by atoms with Crippen LogP contribution in [0.15, 0.2) is 58.5 Å². The highest BCUT2D eigenvalue weighted by molar-refractivity contribution is 6.14. The first-order chi connectivity index (χ1) is 13.1. The molecule has 2 heterocycles. The number of alkyl halides is 3. The monoisotopic (exact) mass is 391 g/mol. The number of amidine groups is 1. The fourth-order valence-corrected chi connectivity index (χ4v) is 2.38. The maximum Gasteiger partial charge on any atom is 0.433 e. The van der Waals surface area contributed by atoms with Gasteiger partial charge in [-0.1, -0.05) is 24.3 Å². The molecule has 3 rings (SSSR count). The average molecular weight is 391 g/mol. The lowest BCUT2D eigenvalue weighted by molar-refractivity contribution is -0.141. The maximum atomic E-state index is 13.1. The van der Waals surface area contributed by atoms with Crippen molar-refractivity contribution in [2.75, 3.05) is 11.6 Å². The second-order valence-corrected chi connectivity index (χ2v) is 7.04. The standard InChI is InChI=1S/C19H20F3N5O/c1-18(2,3)28-26-17-23-12-27(13-8-5-4-6-9-13)16(25-17)14-10-7-11-15(24-14)19(20,21)22/h4-11H,12H2,1-3H3,(H,23,26). The topological polar surface area (TPSA) is 62.1 Å². The molecular weight excluding hydrogens is 371 g/mol. The van der Waals surface area contributed by atoms with Gasteiger partial charge in [-0.25, -0.2) is 15.5 Å². The minimum absolute atomic E-state index is 0.0867. The summed E-state index contributed by atoms with van der Waals surface area (Å²) in [5.41, 5.74) is 2.01. The number of nitrogens with zero attached hydrogens (tertiary/aromatic N) is 4. The minimum atomic E-state index is -4.55. The second kappa shape index (κ2) is 7.59. The van der Waals surface area contributed by atoms with E-state index in [4.69, 9.17) is 4.84 Å². The van der Waals surface area contributed by atoms with Gasteiger partial charge in [-0.3, -0.25) is 4.84 Å². The van der Waals surface area contributed by atoms with Crippen LogP contribution in [0.5, 0.6) is 0 Å². The summed E-state index contributed by atoms with van der Waals surface area (Å²) in [7, 11) is 0. The van der Waals surface area contributed by atoms with Crippen molar-refractivity contribution in [3.63, 3.8) is 0 Å². The molecule has 28 heavy (non-hydrogen) atoms. The minimum Gasteiger partial charge on any atom is -0.304 e. The number of hydrogen-bond donors (Lipinski definition) is 1. The van der Waals surface area contributed by atoms with Crippen LogP contribution in [0.3, 0.4) is 0 Å². The Morgan fingerprint density at radius 1 is 1.00 bits per heavy atom. The number of anilines is 1. The van der Waals surface area contributed by atoms with E-state index in [1.54, 1.807) is 4.90 Å². The van der Waals surface area contributed by atoms with Gasteiger partial charge in [-0.2, -0.15) is 18.2 Å². The number of pyridine rings is 1. The zero-order chi connectivity index (χ0) is 20.4. The van der Waals surface area contributed by atoms with E-state index in [1.165, 1.54) is 12.1 Å². The number of hydrogen-bond acceptors (Lipinski definition) is 6. The quantitative estimate of drug-likeness (QED) is 0.804. The van der Waals surface area contributed by atoms with E-state index >= 15 is 0 Å². The Balaban J connectivity index is 1.99. The summed E-state index contributed by atoms with van der Waals surface area (Å²) in [6, 6.07) is 12.9. The van der Waals surface area contributed by atoms with Crippen LogP contribution in [0.25, 0.3) is 0 Å². The number of hydroxylamine groups is 1. The largest absolute Gasteiger partial charge is 0.433 e. The van der Waals surface area contributed by atoms with Crippen molar-refractivity contribution in [3.05, 3.63) is 59.9 Å². The number of nitrogens with one attached hydrogen (secondary N) is 1. The zero-order valence-corrected chi connectivity index (χ0v) is 15.7. The smallest absolute Gasteiger partial charge is 0.304 e. The van der Waals surface area contributed by atoms with Crippen LogP contribution in [0.4, 0.5) is 18.9 Å². The average Bonchev–Trinajstić information content (AvgIpc) is 2.66. The van der Waals surface area contributed by atoms with Crippen LogP contribution in [0.1, 0.15) is 32.2 Å². The van der Waals surface area contributed by atoms with E-state index in [1.807, 2.05) is 51.1 Å². The van der Waals surface area contributed by atoms with Gasteiger partial charge in [0.2, 0.25) is 5.96 Å². The molecule has 1 aliphatic rings. The van der Waals surface area contributed by atoms with E-state index < -0.39 is 17.5 Å². The van der Waals surface area contributed by atoms with Crippen molar-refractivity contribution in [3.8, 4) is 0 Å². The van der Waals surface area contributed by atoms with Gasteiger partial charge in [-0.15, -0.1) is 0 Å². The molecule has 0 atom stereocenters. The summed E-state index contributed by atoms with van der Waals surface area (Å²) in [5, 5.41) is 0. The first-order valence-corrected chi connectivity index (χ1v) is 8.58. The second-order valence-electron chi connectivity index (χ2n) is 7.04. The van der Waals surface area contributed by atoms with E-state index in [2.05, 4.69) is 20.4 Å². The zero-order valence-electron chi connectivity index (χ0n) is 15.7. The molecule has 0 fully saturated rings. The lowest BCUT2D eigenvalue weighted by atomic mass is 10.2. The van der Waals surface area contributed by atoms with Crippen molar-refractivity contribution in [2.24, 2.45) is 9.98 Å². The predicted molar refractivity (Wildman–Crippen MR) is 101 cm³/mol. The Bertz CT molecular complexity index is 888. The third-order valence-corrected chi connectivity index (χ3v) is 3.61. The fraction of sp³-hybridized carbons (Fsp3) is 0.316. The van der Waals surface area contributed by atoms with Gasteiger partial charge in [0.05, 0.1) is 5.60 Å². The third kappa shape index (κ3) is 4.86. The number of benzene rings is 1. The van der Waals surface area contributed by atoms with E-state index in [0.717, 1.165) is 11.8 Å². The summed E-state index contributed by atoms with van der Waals surface area (Å²) < 4.78 is 39.3. The highest BCUT2D eigenvalue weighted by Crippen LogP contribution is 2.28. The molecule has 0 aliphatic carbocycles. The van der Waals surface area contributed by atoms with Crippen LogP contribution in [0.2, 0.25) is 0 Å². The molecule has 0 unspecified atom stereocenters. The van der Waals surface area contributed by atoms with E-state index in [9.17, 15) is 13.2 Å². The molecule has 1 N–H and O–H groups in total. The highest BCUT2D eigenvalue weighted by Gasteiger charge is 2.33. The van der Waals surface area contributed by atoms with Crippen molar-refractivity contribution >= 4 is 17.5 Å². The number of halogens is 3. The Labute approximate surface area is 160 Å². The molecule has 6 nitrogen and oxygen atoms in total. The Kier molecular flexibility index (Phi) is 5.37. The predicted octanol–water partition coefficient (Wildman–Crippen LogP) is 4.00. The lowest BCUT2D eigenvalue weighted by Gasteiger charge is -2.28. The molecule has 2 aromatic rings. The molecular formula is C19H20F3N5O. The van der Waals surface area contributed by atoms with Crippen LogP contribution in [-0.4, -0.2) is 29.0 Å². The highest BCUT2D eigenvalue weighted by atomic mass is 19.4. The molecule has 0 spiro atoms. The Hall–Kier alpha value is -2.94. The van der Waals surface area contributed by atoms with Gasteiger partial charge in [0.15, 0.2) is 5.84 Å². The number of aromatic nitrogens is 1. The van der Waals surface area contributed by atoms with Gasteiger partial charge < -0.3 is 4.90 Å². The summed E-state index contributed by atoms with van der Waals surface area (Å²) in [6.07, 6.45) is -4.55. The number of aliphatic imine (C=N–C) groups is 2. The van der Waals surface area contributed by atoms with Gasteiger partial charge in [-0.05, 0) is 45.0 Å². The van der Waals surface area contributed by atoms with Crippen molar-refractivity contribution in [2.45, 2.75) is 32.5 Å². The van der Waals surface area contributed by atoms with Crippen LogP contribution in [0, 0.1) is 0 Å². The normalized spacial score (nSPS) is 15.1. The van der Waals surface area contributed by atoms with Crippen molar-refractivity contribution < 1.29 is 18.0 Å². The molecule has 9 heteroatoms. The van der Waals surface area contributed by atoms with Crippen molar-refractivity contribution in [1.82, 2.24) is 10.5 Å². The SMILES string of the molecule is CC(C)(C)ONC1=NCN(c2ccccc2)C(c2cccc(C(F)(F)F)n2)=N1. The summed E-state index contributed by atoms with van der Waals surface area (Å²) in [4.78, 5) is 19.6. The molecule has 0 bridgehead atoms. The third-order valence-electron chi connectivity index (χ3n) is 3.61. The summed E-state index contributed by atoms with van der Waals surface area (Å²) >= 11 is 0. The van der Waals surface area contributed by atoms with Gasteiger partial charge in [0.1, 0.15) is 18.1 Å². The van der Waals surface area contributed by atoms with E-state index in [-0.39, 0.29) is 24.2 Å². The molecule has 0 amide bonds. The summed E-state index contributed by atoms with van der Waals surface area (Å²) in [5.74, 6) is 0.406. The molecule has 0 radical (unpaired) electrons.